The molecule has 0 aromatic carbocycles. The molecule has 2 N–H and O–H groups in total. The van der Waals surface area contributed by atoms with Gasteiger partial charge in [-0.3, -0.25) is 14.4 Å². The van der Waals surface area contributed by atoms with Crippen LogP contribution < -0.4 is 0 Å². The zero-order valence-electron chi connectivity index (χ0n) is 16.4. The van der Waals surface area contributed by atoms with E-state index < -0.39 is 46.8 Å². The standard InChI is InChI=1S/C20H34O5/c1-11(2)7-9-14-18(23)16(17(22)13(5)6)19(24)20(14,25)15(21)10-8-12(3)4/h11-16,21,25H,7-10H2,1-6H3/t14-,15+,16?,20+/m1/s1. The molecule has 0 amide bonds. The smallest absolute Gasteiger partial charge is 0.185 e. The number of hydrogen-bond donors (Lipinski definition) is 2. The van der Waals surface area contributed by atoms with E-state index in [-0.39, 0.29) is 6.42 Å². The zero-order chi connectivity index (χ0) is 19.5. The first kappa shape index (κ1) is 22.0. The predicted octanol–water partition coefficient (Wildman–Crippen LogP) is 2.56. The number of hydrogen-bond acceptors (Lipinski definition) is 5. The van der Waals surface area contributed by atoms with Gasteiger partial charge in [0.1, 0.15) is 5.92 Å². The highest BCUT2D eigenvalue weighted by atomic mass is 16.4. The van der Waals surface area contributed by atoms with Crippen molar-refractivity contribution in [2.75, 3.05) is 0 Å². The van der Waals surface area contributed by atoms with Crippen LogP contribution in [0.3, 0.4) is 0 Å². The molecule has 0 heterocycles. The molecule has 1 aliphatic rings. The van der Waals surface area contributed by atoms with Crippen molar-refractivity contribution < 1.29 is 24.6 Å². The molecule has 1 unspecified atom stereocenters. The van der Waals surface area contributed by atoms with Gasteiger partial charge in [-0.05, 0) is 31.1 Å². The molecule has 1 rings (SSSR count). The van der Waals surface area contributed by atoms with Crippen LogP contribution in [0.1, 0.15) is 67.2 Å². The van der Waals surface area contributed by atoms with Gasteiger partial charge in [0, 0.05) is 5.92 Å². The quantitative estimate of drug-likeness (QED) is 0.621. The minimum Gasteiger partial charge on any atom is -0.390 e. The lowest BCUT2D eigenvalue weighted by Crippen LogP contribution is -2.52. The fourth-order valence-electron chi connectivity index (χ4n) is 3.52. The number of carbonyl (C=O) groups is 3. The van der Waals surface area contributed by atoms with Gasteiger partial charge in [-0.15, -0.1) is 0 Å². The van der Waals surface area contributed by atoms with E-state index in [2.05, 4.69) is 0 Å². The number of ketones is 3. The third kappa shape index (κ3) is 4.56. The van der Waals surface area contributed by atoms with Crippen LogP contribution in [0.4, 0.5) is 0 Å². The van der Waals surface area contributed by atoms with E-state index in [0.717, 1.165) is 0 Å². The summed E-state index contributed by atoms with van der Waals surface area (Å²) >= 11 is 0. The van der Waals surface area contributed by atoms with E-state index in [9.17, 15) is 24.6 Å². The minimum absolute atomic E-state index is 0.230. The second-order valence-electron chi connectivity index (χ2n) is 8.59. The highest BCUT2D eigenvalue weighted by Crippen LogP contribution is 2.42. The van der Waals surface area contributed by atoms with Crippen molar-refractivity contribution in [3.05, 3.63) is 0 Å². The van der Waals surface area contributed by atoms with Crippen molar-refractivity contribution in [2.24, 2.45) is 29.6 Å². The van der Waals surface area contributed by atoms with Gasteiger partial charge >= 0.3 is 0 Å². The summed E-state index contributed by atoms with van der Waals surface area (Å²) in [7, 11) is 0. The molecule has 0 aromatic rings. The van der Waals surface area contributed by atoms with Gasteiger partial charge in [0.25, 0.3) is 0 Å². The largest absolute Gasteiger partial charge is 0.390 e. The fourth-order valence-corrected chi connectivity index (χ4v) is 3.52. The van der Waals surface area contributed by atoms with Gasteiger partial charge in [0.05, 0.1) is 12.0 Å². The summed E-state index contributed by atoms with van der Waals surface area (Å²) in [6.45, 7) is 11.2. The Balaban J connectivity index is 3.20. The van der Waals surface area contributed by atoms with Crippen LogP contribution in [0.2, 0.25) is 0 Å². The summed E-state index contributed by atoms with van der Waals surface area (Å²) in [6, 6.07) is 0. The highest BCUT2D eigenvalue weighted by Gasteiger charge is 2.64. The number of carbonyl (C=O) groups excluding carboxylic acids is 3. The Bertz CT molecular complexity index is 508. The Hall–Kier alpha value is -1.07. The van der Waals surface area contributed by atoms with E-state index in [1.165, 1.54) is 0 Å². The van der Waals surface area contributed by atoms with Crippen LogP contribution in [0.15, 0.2) is 0 Å². The Kier molecular flexibility index (Phi) is 7.51. The molecule has 1 aliphatic carbocycles. The van der Waals surface area contributed by atoms with E-state index in [1.54, 1.807) is 13.8 Å². The van der Waals surface area contributed by atoms with E-state index in [4.69, 9.17) is 0 Å². The molecule has 144 valence electrons. The van der Waals surface area contributed by atoms with E-state index in [0.29, 0.717) is 31.1 Å². The van der Waals surface area contributed by atoms with Crippen LogP contribution >= 0.6 is 0 Å². The lowest BCUT2D eigenvalue weighted by molar-refractivity contribution is -0.158. The maximum absolute atomic E-state index is 12.9. The van der Waals surface area contributed by atoms with Crippen LogP contribution in [0.25, 0.3) is 0 Å². The fraction of sp³-hybridized carbons (Fsp3) is 0.850. The molecule has 0 saturated heterocycles. The van der Waals surface area contributed by atoms with Gasteiger partial charge < -0.3 is 10.2 Å². The molecule has 0 spiro atoms. The summed E-state index contributed by atoms with van der Waals surface area (Å²) in [4.78, 5) is 38.1. The van der Waals surface area contributed by atoms with Crippen molar-refractivity contribution in [3.8, 4) is 0 Å². The van der Waals surface area contributed by atoms with Crippen LogP contribution in [-0.2, 0) is 14.4 Å². The molecule has 4 atom stereocenters. The Morgan fingerprint density at radius 2 is 1.52 bits per heavy atom. The van der Waals surface area contributed by atoms with Gasteiger partial charge in [0.2, 0.25) is 0 Å². The first-order chi connectivity index (χ1) is 11.4. The average molecular weight is 354 g/mol. The first-order valence-electron chi connectivity index (χ1n) is 9.46. The molecular weight excluding hydrogens is 320 g/mol. The molecule has 0 aliphatic heterocycles. The number of rotatable bonds is 9. The van der Waals surface area contributed by atoms with E-state index in [1.807, 2.05) is 27.7 Å². The second-order valence-corrected chi connectivity index (χ2v) is 8.59. The average Bonchev–Trinajstić information content (AvgIpc) is 2.69. The summed E-state index contributed by atoms with van der Waals surface area (Å²) in [5, 5.41) is 21.7. The lowest BCUT2D eigenvalue weighted by atomic mass is 9.78. The number of aliphatic hydroxyl groups is 2. The second kappa shape index (κ2) is 8.54. The number of Topliss-reactive ketones (excluding diaryl/α,β-unsaturated/α-hetero) is 3. The van der Waals surface area contributed by atoms with Crippen LogP contribution in [-0.4, -0.2) is 39.3 Å². The van der Waals surface area contributed by atoms with Crippen molar-refractivity contribution in [1.82, 2.24) is 0 Å². The summed E-state index contributed by atoms with van der Waals surface area (Å²) in [5.74, 6) is -4.10. The predicted molar refractivity (Wildman–Crippen MR) is 95.9 cm³/mol. The van der Waals surface area contributed by atoms with Gasteiger partial charge in [-0.1, -0.05) is 48.0 Å². The number of aliphatic hydroxyl groups excluding tert-OH is 1. The maximum atomic E-state index is 12.9. The molecule has 1 saturated carbocycles. The molecule has 25 heavy (non-hydrogen) atoms. The molecule has 5 heteroatoms. The molecule has 0 radical (unpaired) electrons. The topological polar surface area (TPSA) is 91.7 Å². The Morgan fingerprint density at radius 3 is 1.96 bits per heavy atom. The molecule has 0 bridgehead atoms. The summed E-state index contributed by atoms with van der Waals surface area (Å²) in [6.07, 6.45) is 0.483. The third-order valence-corrected chi connectivity index (χ3v) is 5.23. The Morgan fingerprint density at radius 1 is 1.00 bits per heavy atom. The SMILES string of the molecule is CC(C)CC[C@@H]1C(=O)C(C(=O)C(C)C)C(=O)[C@@]1(O)[C@@H](O)CCC(C)C. The highest BCUT2D eigenvalue weighted by molar-refractivity contribution is 6.27. The normalized spacial score (nSPS) is 28.4. The first-order valence-corrected chi connectivity index (χ1v) is 9.46. The van der Waals surface area contributed by atoms with Crippen LogP contribution in [0.5, 0.6) is 0 Å². The monoisotopic (exact) mass is 354 g/mol. The minimum atomic E-state index is -2.14. The third-order valence-electron chi connectivity index (χ3n) is 5.23. The molecular formula is C20H34O5. The van der Waals surface area contributed by atoms with Gasteiger partial charge in [-0.25, -0.2) is 0 Å². The van der Waals surface area contributed by atoms with E-state index >= 15 is 0 Å². The van der Waals surface area contributed by atoms with Gasteiger partial charge in [0.15, 0.2) is 23.0 Å². The van der Waals surface area contributed by atoms with Gasteiger partial charge in [-0.2, -0.15) is 0 Å². The summed E-state index contributed by atoms with van der Waals surface area (Å²) in [5.41, 5.74) is -2.14. The van der Waals surface area contributed by atoms with Crippen molar-refractivity contribution in [1.29, 1.82) is 0 Å². The van der Waals surface area contributed by atoms with Crippen LogP contribution in [0, 0.1) is 29.6 Å². The maximum Gasteiger partial charge on any atom is 0.185 e. The Labute approximate surface area is 151 Å². The molecule has 5 nitrogen and oxygen atoms in total. The zero-order valence-corrected chi connectivity index (χ0v) is 16.4. The molecule has 1 fully saturated rings. The van der Waals surface area contributed by atoms with Crippen molar-refractivity contribution in [3.63, 3.8) is 0 Å². The molecule has 0 aromatic heterocycles. The summed E-state index contributed by atoms with van der Waals surface area (Å²) < 4.78 is 0. The van der Waals surface area contributed by atoms with Crippen molar-refractivity contribution >= 4 is 17.3 Å². The van der Waals surface area contributed by atoms with Crippen molar-refractivity contribution in [2.45, 2.75) is 78.9 Å². The lowest BCUT2D eigenvalue weighted by Gasteiger charge is -2.33.